The normalized spacial score (nSPS) is 28.5. The second kappa shape index (κ2) is 6.40. The van der Waals surface area contributed by atoms with Gasteiger partial charge in [-0.3, -0.25) is 24.3 Å². The fraction of sp³-hybridized carbons (Fsp3) is 0.619. The van der Waals surface area contributed by atoms with Gasteiger partial charge in [-0.1, -0.05) is 51.1 Å². The highest BCUT2D eigenvalue weighted by atomic mass is 16.3. The number of fused-ring (bicyclic) bond motifs is 2. The molecule has 3 aliphatic rings. The maximum absolute atomic E-state index is 13.5. The zero-order valence-corrected chi connectivity index (χ0v) is 16.4. The lowest BCUT2D eigenvalue weighted by molar-refractivity contribution is -0.181. The Bertz CT molecular complexity index is 737. The van der Waals surface area contributed by atoms with E-state index in [1.54, 1.807) is 0 Å². The molecule has 3 fully saturated rings. The molecule has 6 nitrogen and oxygen atoms in total. The Hall–Kier alpha value is -1.76. The minimum absolute atomic E-state index is 0.105. The summed E-state index contributed by atoms with van der Waals surface area (Å²) in [7, 11) is 0. The van der Waals surface area contributed by atoms with Gasteiger partial charge < -0.3 is 5.11 Å². The molecule has 1 aromatic rings. The number of rotatable bonds is 3. The SMILES string of the molecule is CC(C)(C)CN1CC2(C1)C(=O)N(Cc1ccccc1)C(=O)C1CC(O)CN12. The summed E-state index contributed by atoms with van der Waals surface area (Å²) in [6, 6.07) is 9.26. The molecule has 1 aromatic carbocycles. The molecule has 27 heavy (non-hydrogen) atoms. The molecule has 2 unspecified atom stereocenters. The average molecular weight is 371 g/mol. The van der Waals surface area contributed by atoms with Crippen LogP contribution in [0.2, 0.25) is 0 Å². The summed E-state index contributed by atoms with van der Waals surface area (Å²) in [6.07, 6.45) is -0.129. The monoisotopic (exact) mass is 371 g/mol. The lowest BCUT2D eigenvalue weighted by atomic mass is 9.80. The standard InChI is InChI=1S/C21H29N3O3/c1-20(2,3)12-22-13-21(14-22)19(27)23(10-15-7-5-4-6-8-15)18(26)17-9-16(25)11-24(17)21/h4-8,16-17,25H,9-14H2,1-3H3. The second-order valence-corrected chi connectivity index (χ2v) is 9.51. The highest BCUT2D eigenvalue weighted by Crippen LogP contribution is 2.41. The van der Waals surface area contributed by atoms with E-state index in [4.69, 9.17) is 0 Å². The first-order valence-electron chi connectivity index (χ1n) is 9.76. The van der Waals surface area contributed by atoms with E-state index in [1.165, 1.54) is 4.90 Å². The van der Waals surface area contributed by atoms with Crippen LogP contribution in [0.1, 0.15) is 32.8 Å². The summed E-state index contributed by atoms with van der Waals surface area (Å²) in [5.74, 6) is -0.271. The molecule has 1 N–H and O–H groups in total. The molecular weight excluding hydrogens is 342 g/mol. The Balaban J connectivity index is 1.60. The van der Waals surface area contributed by atoms with Crippen LogP contribution in [0.15, 0.2) is 30.3 Å². The molecule has 0 aromatic heterocycles. The summed E-state index contributed by atoms with van der Waals surface area (Å²) in [6.45, 7) is 9.45. The number of carbonyl (C=O) groups is 2. The van der Waals surface area contributed by atoms with Crippen LogP contribution in [0.25, 0.3) is 0 Å². The van der Waals surface area contributed by atoms with E-state index in [1.807, 2.05) is 35.2 Å². The van der Waals surface area contributed by atoms with E-state index in [0.717, 1.165) is 12.1 Å². The van der Waals surface area contributed by atoms with Gasteiger partial charge in [-0.2, -0.15) is 0 Å². The topological polar surface area (TPSA) is 64.1 Å². The van der Waals surface area contributed by atoms with Crippen LogP contribution in [0.3, 0.4) is 0 Å². The number of β-amino-alcohol motifs (C(OH)–C–C–N with tert-alkyl or cyclic N) is 1. The van der Waals surface area contributed by atoms with E-state index in [9.17, 15) is 14.7 Å². The summed E-state index contributed by atoms with van der Waals surface area (Å²) < 4.78 is 0. The number of amides is 2. The highest BCUT2D eigenvalue weighted by molar-refractivity contribution is 6.06. The summed E-state index contributed by atoms with van der Waals surface area (Å²) in [5.41, 5.74) is 0.436. The molecule has 2 atom stereocenters. The molecule has 146 valence electrons. The minimum Gasteiger partial charge on any atom is -0.392 e. The molecule has 2 amide bonds. The van der Waals surface area contributed by atoms with Crippen molar-refractivity contribution in [2.45, 2.75) is 51.4 Å². The maximum Gasteiger partial charge on any atom is 0.252 e. The van der Waals surface area contributed by atoms with Crippen LogP contribution >= 0.6 is 0 Å². The van der Waals surface area contributed by atoms with Crippen molar-refractivity contribution in [3.05, 3.63) is 35.9 Å². The van der Waals surface area contributed by atoms with Gasteiger partial charge in [0.15, 0.2) is 0 Å². The van der Waals surface area contributed by atoms with Gasteiger partial charge in [-0.25, -0.2) is 0 Å². The summed E-state index contributed by atoms with van der Waals surface area (Å²) in [4.78, 5) is 32.2. The number of imide groups is 1. The van der Waals surface area contributed by atoms with Crippen molar-refractivity contribution in [3.8, 4) is 0 Å². The van der Waals surface area contributed by atoms with Crippen LogP contribution in [-0.4, -0.2) is 75.5 Å². The van der Waals surface area contributed by atoms with E-state index < -0.39 is 17.7 Å². The van der Waals surface area contributed by atoms with Crippen molar-refractivity contribution in [1.82, 2.24) is 14.7 Å². The van der Waals surface area contributed by atoms with Crippen LogP contribution in [0.5, 0.6) is 0 Å². The quantitative estimate of drug-likeness (QED) is 0.806. The smallest absolute Gasteiger partial charge is 0.252 e. The van der Waals surface area contributed by atoms with E-state index >= 15 is 0 Å². The lowest BCUT2D eigenvalue weighted by Crippen LogP contribution is -2.81. The van der Waals surface area contributed by atoms with Gasteiger partial charge in [0, 0.05) is 26.2 Å². The molecule has 0 saturated carbocycles. The molecule has 0 bridgehead atoms. The Kier molecular flexibility index (Phi) is 4.41. The molecule has 0 radical (unpaired) electrons. The fourth-order valence-electron chi connectivity index (χ4n) is 4.88. The third-order valence-corrected chi connectivity index (χ3v) is 5.87. The molecule has 3 saturated heterocycles. The predicted molar refractivity (Wildman–Crippen MR) is 102 cm³/mol. The first-order chi connectivity index (χ1) is 12.7. The van der Waals surface area contributed by atoms with Crippen molar-refractivity contribution in [3.63, 3.8) is 0 Å². The van der Waals surface area contributed by atoms with Crippen molar-refractivity contribution in [1.29, 1.82) is 0 Å². The number of piperazine rings is 1. The molecule has 0 aliphatic carbocycles. The van der Waals surface area contributed by atoms with Gasteiger partial charge in [0.1, 0.15) is 5.54 Å². The van der Waals surface area contributed by atoms with Crippen LogP contribution in [-0.2, 0) is 16.1 Å². The predicted octanol–water partition coefficient (Wildman–Crippen LogP) is 1.09. The van der Waals surface area contributed by atoms with Gasteiger partial charge in [-0.15, -0.1) is 0 Å². The number of hydrogen-bond acceptors (Lipinski definition) is 5. The number of benzene rings is 1. The number of likely N-dealkylation sites (tertiary alicyclic amines) is 1. The summed E-state index contributed by atoms with van der Waals surface area (Å²) in [5, 5.41) is 10.2. The fourth-order valence-corrected chi connectivity index (χ4v) is 4.88. The number of nitrogens with zero attached hydrogens (tertiary/aromatic N) is 3. The summed E-state index contributed by atoms with van der Waals surface area (Å²) >= 11 is 0. The second-order valence-electron chi connectivity index (χ2n) is 9.51. The molecule has 4 rings (SSSR count). The van der Waals surface area contributed by atoms with E-state index in [-0.39, 0.29) is 17.2 Å². The first-order valence-corrected chi connectivity index (χ1v) is 9.76. The van der Waals surface area contributed by atoms with Gasteiger partial charge >= 0.3 is 0 Å². The van der Waals surface area contributed by atoms with Crippen molar-refractivity contribution in [2.24, 2.45) is 5.41 Å². The Morgan fingerprint density at radius 2 is 1.81 bits per heavy atom. The van der Waals surface area contributed by atoms with Crippen LogP contribution < -0.4 is 0 Å². The van der Waals surface area contributed by atoms with Crippen LogP contribution in [0.4, 0.5) is 0 Å². The third kappa shape index (κ3) is 3.20. The number of carbonyl (C=O) groups excluding carboxylic acids is 2. The van der Waals surface area contributed by atoms with Crippen molar-refractivity contribution < 1.29 is 14.7 Å². The molecular formula is C21H29N3O3. The Morgan fingerprint density at radius 1 is 1.15 bits per heavy atom. The number of hydrogen-bond donors (Lipinski definition) is 1. The maximum atomic E-state index is 13.5. The zero-order chi connectivity index (χ0) is 19.4. The molecule has 1 spiro atoms. The van der Waals surface area contributed by atoms with Gasteiger partial charge in [0.25, 0.3) is 5.91 Å². The molecule has 3 heterocycles. The lowest BCUT2D eigenvalue weighted by Gasteiger charge is -2.59. The molecule has 3 aliphatic heterocycles. The Morgan fingerprint density at radius 3 is 2.44 bits per heavy atom. The molecule has 6 heteroatoms. The van der Waals surface area contributed by atoms with Gasteiger partial charge in [0.05, 0.1) is 18.7 Å². The minimum atomic E-state index is -0.671. The zero-order valence-electron chi connectivity index (χ0n) is 16.4. The Labute approximate surface area is 160 Å². The first kappa shape index (κ1) is 18.6. The van der Waals surface area contributed by atoms with Crippen molar-refractivity contribution in [2.75, 3.05) is 26.2 Å². The largest absolute Gasteiger partial charge is 0.392 e. The van der Waals surface area contributed by atoms with Crippen LogP contribution in [0, 0.1) is 5.41 Å². The number of aliphatic hydroxyl groups is 1. The average Bonchev–Trinajstić information content (AvgIpc) is 2.96. The van der Waals surface area contributed by atoms with E-state index in [0.29, 0.717) is 32.6 Å². The van der Waals surface area contributed by atoms with Gasteiger partial charge in [-0.05, 0) is 17.4 Å². The highest BCUT2D eigenvalue weighted by Gasteiger charge is 2.64. The van der Waals surface area contributed by atoms with Gasteiger partial charge in [0.2, 0.25) is 5.91 Å². The third-order valence-electron chi connectivity index (χ3n) is 5.87. The number of aliphatic hydroxyl groups excluding tert-OH is 1. The van der Waals surface area contributed by atoms with E-state index in [2.05, 4.69) is 25.7 Å². The van der Waals surface area contributed by atoms with Crippen molar-refractivity contribution >= 4 is 11.8 Å².